The quantitative estimate of drug-likeness (QED) is 0.618. The van der Waals surface area contributed by atoms with Gasteiger partial charge in [0, 0.05) is 24.4 Å². The molecule has 3 N–H and O–H groups in total. The van der Waals surface area contributed by atoms with Gasteiger partial charge in [-0.2, -0.15) is 0 Å². The lowest BCUT2D eigenvalue weighted by atomic mass is 10.0. The van der Waals surface area contributed by atoms with E-state index in [1.54, 1.807) is 24.3 Å². The van der Waals surface area contributed by atoms with Gasteiger partial charge in [0.05, 0.1) is 0 Å². The zero-order valence-corrected chi connectivity index (χ0v) is 10.3. The van der Waals surface area contributed by atoms with E-state index in [2.05, 4.69) is 17.3 Å². The third-order valence-corrected chi connectivity index (χ3v) is 2.30. The van der Waals surface area contributed by atoms with Crippen molar-refractivity contribution in [2.45, 2.75) is 19.8 Å². The highest BCUT2D eigenvalue weighted by Gasteiger charge is 2.04. The second kappa shape index (κ2) is 7.13. The van der Waals surface area contributed by atoms with Crippen molar-refractivity contribution in [1.82, 2.24) is 5.32 Å². The number of nitrogens with one attached hydrogen (secondary N) is 1. The van der Waals surface area contributed by atoms with E-state index >= 15 is 0 Å². The van der Waals surface area contributed by atoms with Gasteiger partial charge in [0.15, 0.2) is 0 Å². The van der Waals surface area contributed by atoms with Crippen molar-refractivity contribution in [2.24, 2.45) is 11.7 Å². The Kier molecular flexibility index (Phi) is 5.46. The van der Waals surface area contributed by atoms with Crippen LogP contribution in [-0.4, -0.2) is 11.8 Å². The largest absolute Gasteiger partial charge is 0.370 e. The van der Waals surface area contributed by atoms with Crippen molar-refractivity contribution in [1.29, 1.82) is 0 Å². The SMILES string of the molecule is CC(CC#CNC(=O)c1ccccc1)CC(N)=O. The first-order chi connectivity index (χ1) is 8.59. The molecule has 0 aliphatic heterocycles. The van der Waals surface area contributed by atoms with Gasteiger partial charge >= 0.3 is 0 Å². The topological polar surface area (TPSA) is 72.2 Å². The van der Waals surface area contributed by atoms with Gasteiger partial charge < -0.3 is 5.73 Å². The van der Waals surface area contributed by atoms with Gasteiger partial charge in [0.25, 0.3) is 5.91 Å². The number of primary amides is 1. The fourth-order valence-electron chi connectivity index (χ4n) is 1.40. The van der Waals surface area contributed by atoms with Gasteiger partial charge in [-0.3, -0.25) is 14.9 Å². The van der Waals surface area contributed by atoms with Crippen LogP contribution in [0.15, 0.2) is 30.3 Å². The Morgan fingerprint density at radius 2 is 2.00 bits per heavy atom. The molecule has 0 aliphatic carbocycles. The molecule has 1 aromatic carbocycles. The average Bonchev–Trinajstić information content (AvgIpc) is 2.34. The summed E-state index contributed by atoms with van der Waals surface area (Å²) in [6, 6.07) is 11.4. The van der Waals surface area contributed by atoms with Crippen LogP contribution in [0.4, 0.5) is 0 Å². The maximum Gasteiger partial charge on any atom is 0.262 e. The summed E-state index contributed by atoms with van der Waals surface area (Å²) in [6.45, 7) is 1.89. The molecule has 0 fully saturated rings. The van der Waals surface area contributed by atoms with Gasteiger partial charge in [-0.15, -0.1) is 0 Å². The van der Waals surface area contributed by atoms with Crippen molar-refractivity contribution < 1.29 is 9.59 Å². The molecule has 0 saturated carbocycles. The van der Waals surface area contributed by atoms with E-state index < -0.39 is 0 Å². The molecule has 0 saturated heterocycles. The molecule has 0 spiro atoms. The normalized spacial score (nSPS) is 10.9. The first-order valence-electron chi connectivity index (χ1n) is 5.71. The van der Waals surface area contributed by atoms with E-state index in [1.165, 1.54) is 0 Å². The Balaban J connectivity index is 2.38. The summed E-state index contributed by atoms with van der Waals surface area (Å²) in [5.41, 5.74) is 5.63. The van der Waals surface area contributed by atoms with Crippen LogP contribution in [0.5, 0.6) is 0 Å². The Bertz CT molecular complexity index is 472. The molecule has 1 rings (SSSR count). The Morgan fingerprint density at radius 1 is 1.33 bits per heavy atom. The summed E-state index contributed by atoms with van der Waals surface area (Å²) >= 11 is 0. The lowest BCUT2D eigenvalue weighted by molar-refractivity contribution is -0.118. The highest BCUT2D eigenvalue weighted by Crippen LogP contribution is 2.04. The highest BCUT2D eigenvalue weighted by molar-refractivity contribution is 5.95. The monoisotopic (exact) mass is 244 g/mol. The van der Waals surface area contributed by atoms with Gasteiger partial charge in [-0.25, -0.2) is 0 Å². The fraction of sp³-hybridized carbons (Fsp3) is 0.286. The number of rotatable bonds is 4. The molecule has 4 heteroatoms. The second-order valence-electron chi connectivity index (χ2n) is 4.10. The van der Waals surface area contributed by atoms with Crippen LogP contribution in [0.1, 0.15) is 30.1 Å². The van der Waals surface area contributed by atoms with Crippen LogP contribution < -0.4 is 11.1 Å². The Labute approximate surface area is 107 Å². The van der Waals surface area contributed by atoms with Crippen molar-refractivity contribution >= 4 is 11.8 Å². The molecule has 18 heavy (non-hydrogen) atoms. The summed E-state index contributed by atoms with van der Waals surface area (Å²) in [5, 5.41) is 2.49. The van der Waals surface area contributed by atoms with Gasteiger partial charge in [-0.05, 0) is 18.1 Å². The molecule has 4 nitrogen and oxygen atoms in total. The third-order valence-electron chi connectivity index (χ3n) is 2.30. The summed E-state index contributed by atoms with van der Waals surface area (Å²) in [5.74, 6) is 2.34. The molecule has 2 amide bonds. The standard InChI is InChI=1S/C14H16N2O2/c1-11(10-13(15)17)6-5-9-16-14(18)12-7-3-2-4-8-12/h2-4,7-8,11H,6,10H2,1H3,(H2,15,17)(H,16,18). The minimum atomic E-state index is -0.336. The zero-order valence-electron chi connectivity index (χ0n) is 10.3. The van der Waals surface area contributed by atoms with Crippen LogP contribution in [-0.2, 0) is 4.79 Å². The predicted octanol–water partition coefficient (Wildman–Crippen LogP) is 1.28. The summed E-state index contributed by atoms with van der Waals surface area (Å²) < 4.78 is 0. The molecule has 94 valence electrons. The molecule has 0 radical (unpaired) electrons. The average molecular weight is 244 g/mol. The molecular formula is C14H16N2O2. The second-order valence-corrected chi connectivity index (χ2v) is 4.10. The van der Waals surface area contributed by atoms with E-state index in [1.807, 2.05) is 13.0 Å². The van der Waals surface area contributed by atoms with Gasteiger partial charge in [-0.1, -0.05) is 31.0 Å². The minimum absolute atomic E-state index is 0.101. The molecule has 0 aromatic heterocycles. The number of hydrogen-bond donors (Lipinski definition) is 2. The van der Waals surface area contributed by atoms with Crippen LogP contribution in [0, 0.1) is 17.9 Å². The first-order valence-corrected chi connectivity index (χ1v) is 5.71. The lowest BCUT2D eigenvalue weighted by Gasteiger charge is -2.02. The maximum atomic E-state index is 11.6. The minimum Gasteiger partial charge on any atom is -0.370 e. The smallest absolute Gasteiger partial charge is 0.262 e. The molecule has 0 heterocycles. The van der Waals surface area contributed by atoms with Gasteiger partial charge in [0.1, 0.15) is 0 Å². The first kappa shape index (κ1) is 13.8. The Morgan fingerprint density at radius 3 is 2.61 bits per heavy atom. The van der Waals surface area contributed by atoms with Crippen LogP contribution in [0.3, 0.4) is 0 Å². The number of amides is 2. The maximum absolute atomic E-state index is 11.6. The van der Waals surface area contributed by atoms with E-state index in [4.69, 9.17) is 5.73 Å². The molecule has 0 bridgehead atoms. The number of hydrogen-bond acceptors (Lipinski definition) is 2. The number of carbonyl (C=O) groups is 2. The molecule has 1 atom stereocenters. The predicted molar refractivity (Wildman–Crippen MR) is 69.3 cm³/mol. The summed E-state index contributed by atoms with van der Waals surface area (Å²) in [4.78, 5) is 22.2. The van der Waals surface area contributed by atoms with Crippen LogP contribution in [0.25, 0.3) is 0 Å². The van der Waals surface area contributed by atoms with Crippen molar-refractivity contribution in [3.8, 4) is 12.0 Å². The number of nitrogens with two attached hydrogens (primary N) is 1. The van der Waals surface area contributed by atoms with Crippen molar-refractivity contribution in [3.63, 3.8) is 0 Å². The van der Waals surface area contributed by atoms with Crippen LogP contribution in [0.2, 0.25) is 0 Å². The van der Waals surface area contributed by atoms with E-state index in [-0.39, 0.29) is 17.7 Å². The number of carbonyl (C=O) groups excluding carboxylic acids is 2. The number of benzene rings is 1. The van der Waals surface area contributed by atoms with Crippen molar-refractivity contribution in [2.75, 3.05) is 0 Å². The van der Waals surface area contributed by atoms with Crippen LogP contribution >= 0.6 is 0 Å². The summed E-state index contributed by atoms with van der Waals surface area (Å²) in [6.07, 6.45) is 0.833. The molecule has 0 aliphatic rings. The molecule has 1 unspecified atom stereocenters. The summed E-state index contributed by atoms with van der Waals surface area (Å²) in [7, 11) is 0. The van der Waals surface area contributed by atoms with Crippen molar-refractivity contribution in [3.05, 3.63) is 35.9 Å². The van der Waals surface area contributed by atoms with E-state index in [0.29, 0.717) is 18.4 Å². The van der Waals surface area contributed by atoms with Gasteiger partial charge in [0.2, 0.25) is 5.91 Å². The third kappa shape index (κ3) is 5.17. The highest BCUT2D eigenvalue weighted by atomic mass is 16.1. The zero-order chi connectivity index (χ0) is 13.4. The Hall–Kier alpha value is -2.28. The van der Waals surface area contributed by atoms with E-state index in [9.17, 15) is 9.59 Å². The lowest BCUT2D eigenvalue weighted by Crippen LogP contribution is -2.17. The van der Waals surface area contributed by atoms with E-state index in [0.717, 1.165) is 0 Å². The fourth-order valence-corrected chi connectivity index (χ4v) is 1.40. The molecular weight excluding hydrogens is 228 g/mol. The molecule has 1 aromatic rings.